The summed E-state index contributed by atoms with van der Waals surface area (Å²) >= 11 is 6.27. The molecule has 0 saturated carbocycles. The van der Waals surface area contributed by atoms with Crippen LogP contribution in [0.25, 0.3) is 0 Å². The van der Waals surface area contributed by atoms with E-state index in [1.807, 2.05) is 32.5 Å². The van der Waals surface area contributed by atoms with Crippen LogP contribution in [0, 0.1) is 13.8 Å². The number of nitrogens with zero attached hydrogens (tertiary/aromatic N) is 2. The minimum Gasteiger partial charge on any atom is -0.489 e. The van der Waals surface area contributed by atoms with E-state index in [4.69, 9.17) is 21.1 Å². The molecule has 1 aliphatic heterocycles. The van der Waals surface area contributed by atoms with E-state index in [1.54, 1.807) is 12.1 Å². The van der Waals surface area contributed by atoms with Crippen molar-refractivity contribution in [1.29, 1.82) is 0 Å². The number of hydrogen-bond donors (Lipinski definition) is 1. The molecule has 7 heteroatoms. The number of aromatic nitrogens is 2. The van der Waals surface area contributed by atoms with Crippen LogP contribution in [0.2, 0.25) is 5.02 Å². The highest BCUT2D eigenvalue weighted by atomic mass is 35.5. The van der Waals surface area contributed by atoms with Crippen LogP contribution in [0.4, 0.5) is 0 Å². The summed E-state index contributed by atoms with van der Waals surface area (Å²) in [6, 6.07) is 3.12. The summed E-state index contributed by atoms with van der Waals surface area (Å²) in [5.41, 5.74) is 3.41. The van der Waals surface area contributed by atoms with E-state index in [0.29, 0.717) is 35.3 Å². The molecule has 1 aromatic carbocycles. The van der Waals surface area contributed by atoms with Gasteiger partial charge in [-0.2, -0.15) is 5.10 Å². The Labute approximate surface area is 152 Å². The van der Waals surface area contributed by atoms with Crippen LogP contribution in [0.1, 0.15) is 46.7 Å². The Hall–Kier alpha value is -2.21. The first kappa shape index (κ1) is 17.6. The Balaban J connectivity index is 1.84. The maximum absolute atomic E-state index is 12.7. The largest absolute Gasteiger partial charge is 0.489 e. The van der Waals surface area contributed by atoms with Crippen molar-refractivity contribution >= 4 is 17.5 Å². The fraction of sp³-hybridized carbons (Fsp3) is 0.444. The zero-order chi connectivity index (χ0) is 18.1. The number of carbonyl (C=O) groups is 1. The molecule has 2 aromatic rings. The molecule has 1 atom stereocenters. The Morgan fingerprint density at radius 2 is 2.04 bits per heavy atom. The highest BCUT2D eigenvalue weighted by Crippen LogP contribution is 2.38. The zero-order valence-electron chi connectivity index (χ0n) is 14.9. The summed E-state index contributed by atoms with van der Waals surface area (Å²) in [6.45, 7) is 6.96. The minimum absolute atomic E-state index is 0.170. The van der Waals surface area contributed by atoms with Crippen molar-refractivity contribution in [1.82, 2.24) is 15.1 Å². The Morgan fingerprint density at radius 1 is 1.32 bits per heavy atom. The number of rotatable bonds is 3. The molecule has 1 N–H and O–H groups in total. The van der Waals surface area contributed by atoms with Crippen molar-refractivity contribution in [3.05, 3.63) is 39.7 Å². The van der Waals surface area contributed by atoms with E-state index in [0.717, 1.165) is 23.4 Å². The van der Waals surface area contributed by atoms with Crippen LogP contribution < -0.4 is 14.8 Å². The highest BCUT2D eigenvalue weighted by Gasteiger charge is 2.22. The number of amides is 1. The predicted octanol–water partition coefficient (Wildman–Crippen LogP) is 3.34. The molecular formula is C18H22ClN3O3. The molecule has 25 heavy (non-hydrogen) atoms. The van der Waals surface area contributed by atoms with Crippen LogP contribution in [-0.4, -0.2) is 28.9 Å². The van der Waals surface area contributed by atoms with Gasteiger partial charge < -0.3 is 14.8 Å². The first-order valence-electron chi connectivity index (χ1n) is 8.28. The number of hydrogen-bond acceptors (Lipinski definition) is 4. The van der Waals surface area contributed by atoms with Gasteiger partial charge in [-0.15, -0.1) is 0 Å². The second-order valence-corrected chi connectivity index (χ2v) is 6.65. The maximum Gasteiger partial charge on any atom is 0.251 e. The molecule has 3 rings (SSSR count). The molecule has 0 saturated heterocycles. The molecule has 1 aromatic heterocycles. The van der Waals surface area contributed by atoms with E-state index in [-0.39, 0.29) is 11.9 Å². The molecule has 1 unspecified atom stereocenters. The summed E-state index contributed by atoms with van der Waals surface area (Å²) in [5, 5.41) is 7.79. The molecule has 1 amide bonds. The average molecular weight is 364 g/mol. The Kier molecular flexibility index (Phi) is 4.90. The topological polar surface area (TPSA) is 65.4 Å². The van der Waals surface area contributed by atoms with Crippen molar-refractivity contribution in [3.63, 3.8) is 0 Å². The fourth-order valence-corrected chi connectivity index (χ4v) is 3.40. The third-order valence-corrected chi connectivity index (χ3v) is 4.69. The number of nitrogens with one attached hydrogen (secondary N) is 1. The number of aryl methyl sites for hydroxylation is 2. The normalized spacial score (nSPS) is 14.8. The fourth-order valence-electron chi connectivity index (χ4n) is 3.13. The molecular weight excluding hydrogens is 342 g/mol. The van der Waals surface area contributed by atoms with Crippen molar-refractivity contribution in [3.8, 4) is 11.5 Å². The van der Waals surface area contributed by atoms with Gasteiger partial charge in [-0.05, 0) is 32.9 Å². The van der Waals surface area contributed by atoms with E-state index in [2.05, 4.69) is 10.4 Å². The SMILES string of the molecule is Cc1nn(C)c(C)c1C(C)NC(=O)c1cc(Cl)c2c(c1)OCCCO2. The summed E-state index contributed by atoms with van der Waals surface area (Å²) in [7, 11) is 1.89. The number of fused-ring (bicyclic) bond motifs is 1. The minimum atomic E-state index is -0.215. The summed E-state index contributed by atoms with van der Waals surface area (Å²) in [5.74, 6) is 0.798. The van der Waals surface area contributed by atoms with Gasteiger partial charge >= 0.3 is 0 Å². The van der Waals surface area contributed by atoms with E-state index >= 15 is 0 Å². The van der Waals surface area contributed by atoms with Crippen LogP contribution in [-0.2, 0) is 7.05 Å². The van der Waals surface area contributed by atoms with E-state index < -0.39 is 0 Å². The van der Waals surface area contributed by atoms with Gasteiger partial charge in [0.1, 0.15) is 0 Å². The van der Waals surface area contributed by atoms with Crippen molar-refractivity contribution < 1.29 is 14.3 Å². The molecule has 0 aliphatic carbocycles. The smallest absolute Gasteiger partial charge is 0.251 e. The summed E-state index contributed by atoms with van der Waals surface area (Å²) in [4.78, 5) is 12.7. The lowest BCUT2D eigenvalue weighted by molar-refractivity contribution is 0.0939. The number of benzene rings is 1. The van der Waals surface area contributed by atoms with Crippen LogP contribution in [0.15, 0.2) is 12.1 Å². The van der Waals surface area contributed by atoms with Crippen molar-refractivity contribution in [2.75, 3.05) is 13.2 Å². The molecule has 0 radical (unpaired) electrons. The van der Waals surface area contributed by atoms with Gasteiger partial charge in [0.05, 0.1) is 30.0 Å². The van der Waals surface area contributed by atoms with Gasteiger partial charge in [0, 0.05) is 30.3 Å². The predicted molar refractivity (Wildman–Crippen MR) is 95.6 cm³/mol. The third-order valence-electron chi connectivity index (χ3n) is 4.41. The number of carbonyl (C=O) groups excluding carboxylic acids is 1. The van der Waals surface area contributed by atoms with E-state index in [9.17, 15) is 4.79 Å². The first-order chi connectivity index (χ1) is 11.9. The molecule has 134 valence electrons. The Morgan fingerprint density at radius 3 is 2.72 bits per heavy atom. The molecule has 1 aliphatic rings. The molecule has 2 heterocycles. The Bertz CT molecular complexity index is 816. The summed E-state index contributed by atoms with van der Waals surface area (Å²) in [6.07, 6.45) is 0.781. The van der Waals surface area contributed by atoms with Crippen LogP contribution in [0.3, 0.4) is 0 Å². The summed E-state index contributed by atoms with van der Waals surface area (Å²) < 4.78 is 13.1. The molecule has 0 spiro atoms. The van der Waals surface area contributed by atoms with Crippen molar-refractivity contribution in [2.24, 2.45) is 7.05 Å². The highest BCUT2D eigenvalue weighted by molar-refractivity contribution is 6.32. The second kappa shape index (κ2) is 6.96. The lowest BCUT2D eigenvalue weighted by Gasteiger charge is -2.16. The average Bonchev–Trinajstić information content (AvgIpc) is 2.73. The lowest BCUT2D eigenvalue weighted by atomic mass is 10.1. The first-order valence-corrected chi connectivity index (χ1v) is 8.66. The van der Waals surface area contributed by atoms with Gasteiger partial charge in [0.2, 0.25) is 0 Å². The maximum atomic E-state index is 12.7. The van der Waals surface area contributed by atoms with Gasteiger partial charge in [-0.3, -0.25) is 9.48 Å². The van der Waals surface area contributed by atoms with Crippen LogP contribution in [0.5, 0.6) is 11.5 Å². The molecule has 0 fully saturated rings. The van der Waals surface area contributed by atoms with Gasteiger partial charge in [0.15, 0.2) is 11.5 Å². The molecule has 0 bridgehead atoms. The zero-order valence-corrected chi connectivity index (χ0v) is 15.6. The standard InChI is InChI=1S/C18H22ClN3O3/c1-10(16-11(2)21-22(4)12(16)3)20-18(23)13-8-14(19)17-15(9-13)24-6-5-7-25-17/h8-10H,5-7H2,1-4H3,(H,20,23). The van der Waals surface area contributed by atoms with Crippen LogP contribution >= 0.6 is 11.6 Å². The molecule has 6 nitrogen and oxygen atoms in total. The number of halogens is 1. The van der Waals surface area contributed by atoms with Crippen molar-refractivity contribution in [2.45, 2.75) is 33.2 Å². The number of ether oxygens (including phenoxy) is 2. The second-order valence-electron chi connectivity index (χ2n) is 6.24. The van der Waals surface area contributed by atoms with Gasteiger partial charge in [-0.1, -0.05) is 11.6 Å². The van der Waals surface area contributed by atoms with Gasteiger partial charge in [0.25, 0.3) is 5.91 Å². The quantitative estimate of drug-likeness (QED) is 0.908. The van der Waals surface area contributed by atoms with E-state index in [1.165, 1.54) is 0 Å². The monoisotopic (exact) mass is 363 g/mol. The lowest BCUT2D eigenvalue weighted by Crippen LogP contribution is -2.27. The van der Waals surface area contributed by atoms with Gasteiger partial charge in [-0.25, -0.2) is 0 Å². The third kappa shape index (κ3) is 3.44.